The maximum atomic E-state index is 13.4. The molecule has 11 heteroatoms. The maximum Gasteiger partial charge on any atom is 0.319 e. The van der Waals surface area contributed by atoms with E-state index in [9.17, 15) is 9.00 Å². The van der Waals surface area contributed by atoms with Gasteiger partial charge >= 0.3 is 6.03 Å². The highest BCUT2D eigenvalue weighted by Gasteiger charge is 2.19. The third-order valence-electron chi connectivity index (χ3n) is 7.16. The van der Waals surface area contributed by atoms with Crippen molar-refractivity contribution >= 4 is 38.9 Å². The number of rotatable bonds is 5. The molecule has 5 N–H and O–H groups in total. The van der Waals surface area contributed by atoms with Crippen LogP contribution in [-0.4, -0.2) is 45.2 Å². The molecule has 2 amide bonds. The number of nitrogens with one attached hydrogen (secondary N) is 5. The van der Waals surface area contributed by atoms with Gasteiger partial charge in [-0.15, -0.1) is 0 Å². The van der Waals surface area contributed by atoms with Crippen molar-refractivity contribution in [2.24, 2.45) is 0 Å². The first-order chi connectivity index (χ1) is 19.4. The monoisotopic (exact) mass is 563 g/mol. The van der Waals surface area contributed by atoms with Crippen molar-refractivity contribution in [1.29, 1.82) is 4.78 Å². The van der Waals surface area contributed by atoms with Gasteiger partial charge in [-0.05, 0) is 68.5 Å². The van der Waals surface area contributed by atoms with Gasteiger partial charge in [-0.2, -0.15) is 4.98 Å². The van der Waals surface area contributed by atoms with Crippen molar-refractivity contribution in [2.75, 3.05) is 34.9 Å². The molecule has 2 aliphatic rings. The largest absolute Gasteiger partial charge is 0.494 e. The molecule has 2 heterocycles. The van der Waals surface area contributed by atoms with Crippen LogP contribution in [0.4, 0.5) is 27.9 Å². The van der Waals surface area contributed by atoms with Crippen LogP contribution in [0.5, 0.6) is 5.75 Å². The van der Waals surface area contributed by atoms with Crippen LogP contribution in [0.15, 0.2) is 53.6 Å². The molecule has 1 aliphatic heterocycles. The van der Waals surface area contributed by atoms with Crippen LogP contribution < -0.4 is 26.0 Å². The molecule has 1 aliphatic carbocycles. The first-order valence-corrected chi connectivity index (χ1v) is 15.7. The number of carbonyl (C=O) groups is 1. The molecule has 1 saturated carbocycles. The first-order valence-electron chi connectivity index (χ1n) is 14.0. The number of ether oxygens (including phenoxy) is 1. The summed E-state index contributed by atoms with van der Waals surface area (Å²) in [5.74, 6) is 2.05. The van der Waals surface area contributed by atoms with E-state index in [4.69, 9.17) is 14.5 Å². The minimum Gasteiger partial charge on any atom is -0.494 e. The van der Waals surface area contributed by atoms with E-state index in [1.54, 1.807) is 24.4 Å². The van der Waals surface area contributed by atoms with Crippen molar-refractivity contribution in [3.63, 3.8) is 0 Å². The SMILES string of the molecule is CCOc1ccc(-c2cnc3nc2NCCCCS(=N)(=O)c2cc(NC(=O)NC4CCCCC4)cc(c2)N3)cc1. The van der Waals surface area contributed by atoms with Crippen LogP contribution in [-0.2, 0) is 9.73 Å². The van der Waals surface area contributed by atoms with Crippen LogP contribution in [0.25, 0.3) is 11.1 Å². The molecule has 0 saturated heterocycles. The molecule has 40 heavy (non-hydrogen) atoms. The highest BCUT2D eigenvalue weighted by molar-refractivity contribution is 7.92. The lowest BCUT2D eigenvalue weighted by Gasteiger charge is -2.23. The number of urea groups is 1. The Balaban J connectivity index is 1.43. The van der Waals surface area contributed by atoms with E-state index < -0.39 is 9.73 Å². The van der Waals surface area contributed by atoms with Gasteiger partial charge < -0.3 is 26.0 Å². The summed E-state index contributed by atoms with van der Waals surface area (Å²) in [5.41, 5.74) is 2.81. The Kier molecular flexibility index (Phi) is 8.69. The molecule has 212 valence electrons. The van der Waals surface area contributed by atoms with Gasteiger partial charge in [0.05, 0.1) is 21.2 Å². The zero-order valence-corrected chi connectivity index (χ0v) is 23.6. The zero-order chi connectivity index (χ0) is 28.0. The molecule has 0 radical (unpaired) electrons. The molecule has 5 rings (SSSR count). The Morgan fingerprint density at radius 2 is 1.90 bits per heavy atom. The predicted octanol–water partition coefficient (Wildman–Crippen LogP) is 6.35. The van der Waals surface area contributed by atoms with E-state index in [1.807, 2.05) is 31.2 Å². The van der Waals surface area contributed by atoms with Crippen LogP contribution in [0.3, 0.4) is 0 Å². The molecule has 0 spiro atoms. The quantitative estimate of drug-likeness (QED) is 0.243. The van der Waals surface area contributed by atoms with E-state index in [1.165, 1.54) is 6.42 Å². The predicted molar refractivity (Wildman–Crippen MR) is 159 cm³/mol. The van der Waals surface area contributed by atoms with Gasteiger partial charge in [-0.1, -0.05) is 31.4 Å². The fourth-order valence-corrected chi connectivity index (χ4v) is 6.58. The summed E-state index contributed by atoms with van der Waals surface area (Å²) in [4.78, 5) is 22.4. The average molecular weight is 564 g/mol. The number of hydrogen-bond donors (Lipinski definition) is 5. The molecule has 10 nitrogen and oxygen atoms in total. The van der Waals surface area contributed by atoms with Crippen molar-refractivity contribution in [1.82, 2.24) is 15.3 Å². The number of aromatic nitrogens is 2. The highest BCUT2D eigenvalue weighted by atomic mass is 32.2. The second kappa shape index (κ2) is 12.5. The summed E-state index contributed by atoms with van der Waals surface area (Å²) in [7, 11) is -3.07. The lowest BCUT2D eigenvalue weighted by molar-refractivity contribution is 0.244. The normalized spacial score (nSPS) is 19.5. The summed E-state index contributed by atoms with van der Waals surface area (Å²) in [6.45, 7) is 3.17. The maximum absolute atomic E-state index is 13.4. The van der Waals surface area contributed by atoms with E-state index in [0.717, 1.165) is 49.0 Å². The first kappa shape index (κ1) is 27.7. The Hall–Kier alpha value is -3.86. The number of anilines is 4. The van der Waals surface area contributed by atoms with E-state index >= 15 is 0 Å². The third kappa shape index (κ3) is 7.01. The standard InChI is InChI=1S/C29H37N7O3S/c1-2-39-24-12-10-20(11-13-24)26-19-32-28-33-22-16-23(35-29(37)34-21-8-4-3-5-9-21)18-25(17-22)40(30,38)15-7-6-14-31-27(26)36-28/h10-13,16-19,21,30H,2-9,14-15H2,1H3,(H2,34,35,37)(H2,31,32,33,36). The zero-order valence-electron chi connectivity index (χ0n) is 22.8. The Bertz CT molecular complexity index is 1440. The van der Waals surface area contributed by atoms with Crippen LogP contribution >= 0.6 is 0 Å². The topological polar surface area (TPSA) is 141 Å². The van der Waals surface area contributed by atoms with Gasteiger partial charge in [0.25, 0.3) is 0 Å². The summed E-state index contributed by atoms with van der Waals surface area (Å²) in [6, 6.07) is 12.7. The van der Waals surface area contributed by atoms with Gasteiger partial charge in [0, 0.05) is 41.5 Å². The molecule has 3 aromatic rings. The molecular formula is C29H37N7O3S. The third-order valence-corrected chi connectivity index (χ3v) is 9.02. The van der Waals surface area contributed by atoms with E-state index in [0.29, 0.717) is 47.6 Å². The Morgan fingerprint density at radius 3 is 2.67 bits per heavy atom. The fraction of sp³-hybridized carbons (Fsp3) is 0.414. The Morgan fingerprint density at radius 1 is 1.10 bits per heavy atom. The number of hydrogen-bond acceptors (Lipinski definition) is 8. The number of nitrogens with zero attached hydrogens (tertiary/aromatic N) is 2. The van der Waals surface area contributed by atoms with E-state index in [2.05, 4.69) is 26.3 Å². The van der Waals surface area contributed by atoms with Crippen molar-refractivity contribution in [2.45, 2.75) is 62.8 Å². The molecule has 1 fully saturated rings. The Labute approximate surface area is 235 Å². The average Bonchev–Trinajstić information content (AvgIpc) is 2.94. The minimum atomic E-state index is -3.07. The second-order valence-electron chi connectivity index (χ2n) is 10.2. The van der Waals surface area contributed by atoms with Gasteiger partial charge in [-0.3, -0.25) is 0 Å². The highest BCUT2D eigenvalue weighted by Crippen LogP contribution is 2.31. The molecule has 1 unspecified atom stereocenters. The molecule has 1 atom stereocenters. The molecule has 4 bridgehead atoms. The van der Waals surface area contributed by atoms with Crippen molar-refractivity contribution < 1.29 is 13.7 Å². The lowest BCUT2D eigenvalue weighted by atomic mass is 9.96. The lowest BCUT2D eigenvalue weighted by Crippen LogP contribution is -2.39. The van der Waals surface area contributed by atoms with Crippen LogP contribution in [0.1, 0.15) is 51.9 Å². The van der Waals surface area contributed by atoms with E-state index in [-0.39, 0.29) is 17.8 Å². The van der Waals surface area contributed by atoms with Gasteiger partial charge in [0.15, 0.2) is 0 Å². The minimum absolute atomic E-state index is 0.157. The number of amides is 2. The smallest absolute Gasteiger partial charge is 0.319 e. The molecule has 1 aromatic heterocycles. The fourth-order valence-electron chi connectivity index (χ4n) is 5.10. The molecular weight excluding hydrogens is 526 g/mol. The number of carbonyl (C=O) groups excluding carboxylic acids is 1. The summed E-state index contributed by atoms with van der Waals surface area (Å²) in [6.07, 6.45) is 8.47. The number of benzene rings is 2. The van der Waals surface area contributed by atoms with Crippen molar-refractivity contribution in [3.8, 4) is 16.9 Å². The van der Waals surface area contributed by atoms with Gasteiger partial charge in [0.2, 0.25) is 5.95 Å². The van der Waals surface area contributed by atoms with Crippen LogP contribution in [0.2, 0.25) is 0 Å². The van der Waals surface area contributed by atoms with Crippen LogP contribution in [0, 0.1) is 4.78 Å². The van der Waals surface area contributed by atoms with Gasteiger partial charge in [-0.25, -0.2) is 18.8 Å². The number of fused-ring (bicyclic) bond motifs is 4. The second-order valence-corrected chi connectivity index (χ2v) is 12.5. The summed E-state index contributed by atoms with van der Waals surface area (Å²) < 4.78 is 27.6. The summed E-state index contributed by atoms with van der Waals surface area (Å²) >= 11 is 0. The van der Waals surface area contributed by atoms with Gasteiger partial charge in [0.1, 0.15) is 11.6 Å². The summed E-state index contributed by atoms with van der Waals surface area (Å²) in [5, 5.41) is 12.5. The van der Waals surface area contributed by atoms with Crippen molar-refractivity contribution in [3.05, 3.63) is 48.7 Å². The molecule has 2 aromatic carbocycles.